The standard InChI is InChI=1S/C17H25N3O2/c1-13(12-19(2)3)10-16(21)18-11-17(22)20-9-8-14-6-4-5-7-15(14)20/h4-7,13H,8-12H2,1-3H3,(H,18,21). The van der Waals surface area contributed by atoms with Crippen LogP contribution in [0.25, 0.3) is 0 Å². The molecule has 5 nitrogen and oxygen atoms in total. The number of amides is 2. The summed E-state index contributed by atoms with van der Waals surface area (Å²) in [6.45, 7) is 3.67. The third-order valence-corrected chi connectivity index (χ3v) is 3.84. The van der Waals surface area contributed by atoms with Crippen molar-refractivity contribution >= 4 is 17.5 Å². The maximum Gasteiger partial charge on any atom is 0.246 e. The van der Waals surface area contributed by atoms with E-state index in [9.17, 15) is 9.59 Å². The summed E-state index contributed by atoms with van der Waals surface area (Å²) in [6, 6.07) is 7.93. The fourth-order valence-electron chi connectivity index (χ4n) is 2.94. The first-order valence-electron chi connectivity index (χ1n) is 7.77. The van der Waals surface area contributed by atoms with Crippen molar-refractivity contribution in [3.63, 3.8) is 0 Å². The molecule has 2 amide bonds. The maximum atomic E-state index is 12.3. The molecule has 0 spiro atoms. The molecule has 1 atom stereocenters. The molecule has 120 valence electrons. The lowest BCUT2D eigenvalue weighted by Crippen LogP contribution is -2.40. The quantitative estimate of drug-likeness (QED) is 0.861. The van der Waals surface area contributed by atoms with Crippen LogP contribution in [0.2, 0.25) is 0 Å². The third kappa shape index (κ3) is 4.31. The Morgan fingerprint density at radius 2 is 2.05 bits per heavy atom. The van der Waals surface area contributed by atoms with Crippen molar-refractivity contribution in [3.8, 4) is 0 Å². The molecule has 1 heterocycles. The van der Waals surface area contributed by atoms with Gasteiger partial charge >= 0.3 is 0 Å². The highest BCUT2D eigenvalue weighted by Gasteiger charge is 2.24. The lowest BCUT2D eigenvalue weighted by Gasteiger charge is -2.19. The topological polar surface area (TPSA) is 52.7 Å². The predicted octanol–water partition coefficient (Wildman–Crippen LogP) is 1.28. The smallest absolute Gasteiger partial charge is 0.246 e. The highest BCUT2D eigenvalue weighted by atomic mass is 16.2. The lowest BCUT2D eigenvalue weighted by atomic mass is 10.1. The summed E-state index contributed by atoms with van der Waals surface area (Å²) in [5.41, 5.74) is 2.17. The van der Waals surface area contributed by atoms with Crippen LogP contribution in [-0.2, 0) is 16.0 Å². The minimum Gasteiger partial charge on any atom is -0.347 e. The number of hydrogen-bond donors (Lipinski definition) is 1. The first-order valence-corrected chi connectivity index (χ1v) is 7.77. The van der Waals surface area contributed by atoms with Gasteiger partial charge in [0, 0.05) is 25.2 Å². The van der Waals surface area contributed by atoms with Gasteiger partial charge in [0.15, 0.2) is 0 Å². The van der Waals surface area contributed by atoms with E-state index in [1.54, 1.807) is 4.90 Å². The van der Waals surface area contributed by atoms with E-state index in [-0.39, 0.29) is 24.3 Å². The molecule has 0 saturated heterocycles. The highest BCUT2D eigenvalue weighted by molar-refractivity contribution is 5.98. The number of rotatable bonds is 6. The van der Waals surface area contributed by atoms with Crippen LogP contribution in [0.1, 0.15) is 18.9 Å². The molecule has 0 aromatic heterocycles. The Balaban J connectivity index is 1.80. The first-order chi connectivity index (χ1) is 10.5. The van der Waals surface area contributed by atoms with Gasteiger partial charge in [0.25, 0.3) is 0 Å². The van der Waals surface area contributed by atoms with E-state index in [4.69, 9.17) is 0 Å². The monoisotopic (exact) mass is 303 g/mol. The summed E-state index contributed by atoms with van der Waals surface area (Å²) in [7, 11) is 3.98. The summed E-state index contributed by atoms with van der Waals surface area (Å²) < 4.78 is 0. The second kappa shape index (κ2) is 7.40. The van der Waals surface area contributed by atoms with Crippen molar-refractivity contribution in [2.75, 3.05) is 38.6 Å². The van der Waals surface area contributed by atoms with E-state index >= 15 is 0 Å². The van der Waals surface area contributed by atoms with Gasteiger partial charge in [-0.05, 0) is 38.1 Å². The van der Waals surface area contributed by atoms with E-state index in [2.05, 4.69) is 10.2 Å². The number of carbonyl (C=O) groups excluding carboxylic acids is 2. The second-order valence-electron chi connectivity index (χ2n) is 6.27. The van der Waals surface area contributed by atoms with Gasteiger partial charge in [-0.3, -0.25) is 9.59 Å². The molecule has 1 N–H and O–H groups in total. The average molecular weight is 303 g/mol. The molecule has 0 aliphatic carbocycles. The van der Waals surface area contributed by atoms with Crippen molar-refractivity contribution in [2.45, 2.75) is 19.8 Å². The van der Waals surface area contributed by atoms with Crippen LogP contribution in [0.5, 0.6) is 0 Å². The molecule has 1 aromatic carbocycles. The normalized spacial score (nSPS) is 14.8. The Kier molecular flexibility index (Phi) is 5.55. The fraction of sp³-hybridized carbons (Fsp3) is 0.529. The SMILES string of the molecule is CC(CC(=O)NCC(=O)N1CCc2ccccc21)CN(C)C. The number of nitrogens with zero attached hydrogens (tertiary/aromatic N) is 2. The molecule has 0 radical (unpaired) electrons. The summed E-state index contributed by atoms with van der Waals surface area (Å²) in [6.07, 6.45) is 1.33. The van der Waals surface area contributed by atoms with Crippen LogP contribution in [0, 0.1) is 5.92 Å². The van der Waals surface area contributed by atoms with Crippen LogP contribution in [0.3, 0.4) is 0 Å². The Morgan fingerprint density at radius 3 is 2.77 bits per heavy atom. The van der Waals surface area contributed by atoms with Crippen LogP contribution >= 0.6 is 0 Å². The van der Waals surface area contributed by atoms with Gasteiger partial charge in [-0.15, -0.1) is 0 Å². The molecule has 1 aromatic rings. The summed E-state index contributed by atoms with van der Waals surface area (Å²) >= 11 is 0. The van der Waals surface area contributed by atoms with Crippen molar-refractivity contribution in [2.24, 2.45) is 5.92 Å². The first kappa shape index (κ1) is 16.5. The number of nitrogens with one attached hydrogen (secondary N) is 1. The molecule has 2 rings (SSSR count). The van der Waals surface area contributed by atoms with E-state index in [0.29, 0.717) is 13.0 Å². The van der Waals surface area contributed by atoms with Gasteiger partial charge in [-0.25, -0.2) is 0 Å². The van der Waals surface area contributed by atoms with Crippen LogP contribution in [0.4, 0.5) is 5.69 Å². The molecule has 0 fully saturated rings. The Morgan fingerprint density at radius 1 is 1.32 bits per heavy atom. The van der Waals surface area contributed by atoms with Gasteiger partial charge in [-0.1, -0.05) is 25.1 Å². The van der Waals surface area contributed by atoms with E-state index in [1.807, 2.05) is 45.3 Å². The highest BCUT2D eigenvalue weighted by Crippen LogP contribution is 2.27. The molecular formula is C17H25N3O2. The van der Waals surface area contributed by atoms with Crippen LogP contribution in [0.15, 0.2) is 24.3 Å². The van der Waals surface area contributed by atoms with Gasteiger partial charge in [0.1, 0.15) is 0 Å². The van der Waals surface area contributed by atoms with Crippen LogP contribution in [-0.4, -0.2) is 50.4 Å². The van der Waals surface area contributed by atoms with E-state index in [0.717, 1.165) is 18.7 Å². The Labute approximate surface area is 132 Å². The number of anilines is 1. The Hall–Kier alpha value is -1.88. The maximum absolute atomic E-state index is 12.3. The largest absolute Gasteiger partial charge is 0.347 e. The molecule has 0 bridgehead atoms. The average Bonchev–Trinajstić information content (AvgIpc) is 2.87. The Bertz CT molecular complexity index is 542. The zero-order valence-electron chi connectivity index (χ0n) is 13.6. The zero-order valence-corrected chi connectivity index (χ0v) is 13.6. The van der Waals surface area contributed by atoms with Crippen molar-refractivity contribution in [1.82, 2.24) is 10.2 Å². The fourth-order valence-corrected chi connectivity index (χ4v) is 2.94. The molecule has 0 saturated carbocycles. The number of para-hydroxylation sites is 1. The van der Waals surface area contributed by atoms with Crippen molar-refractivity contribution < 1.29 is 9.59 Å². The molecular weight excluding hydrogens is 278 g/mol. The van der Waals surface area contributed by atoms with Crippen molar-refractivity contribution in [3.05, 3.63) is 29.8 Å². The number of carbonyl (C=O) groups is 2. The minimum absolute atomic E-state index is 0.0430. The molecule has 22 heavy (non-hydrogen) atoms. The van der Waals surface area contributed by atoms with Gasteiger partial charge in [0.2, 0.25) is 11.8 Å². The minimum atomic E-state index is -0.0600. The van der Waals surface area contributed by atoms with Gasteiger partial charge < -0.3 is 15.1 Å². The molecule has 1 aliphatic heterocycles. The third-order valence-electron chi connectivity index (χ3n) is 3.84. The summed E-state index contributed by atoms with van der Waals surface area (Å²) in [5.74, 6) is 0.173. The number of fused-ring (bicyclic) bond motifs is 1. The van der Waals surface area contributed by atoms with E-state index in [1.165, 1.54) is 5.56 Å². The number of benzene rings is 1. The molecule has 1 unspecified atom stereocenters. The summed E-state index contributed by atoms with van der Waals surface area (Å²) in [4.78, 5) is 28.0. The number of hydrogen-bond acceptors (Lipinski definition) is 3. The van der Waals surface area contributed by atoms with Gasteiger partial charge in [0.05, 0.1) is 6.54 Å². The molecule has 1 aliphatic rings. The van der Waals surface area contributed by atoms with Crippen LogP contribution < -0.4 is 10.2 Å². The summed E-state index contributed by atoms with van der Waals surface area (Å²) in [5, 5.41) is 2.75. The van der Waals surface area contributed by atoms with E-state index < -0.39 is 0 Å². The van der Waals surface area contributed by atoms with Crippen molar-refractivity contribution in [1.29, 1.82) is 0 Å². The zero-order chi connectivity index (χ0) is 16.1. The molecule has 5 heteroatoms. The lowest BCUT2D eigenvalue weighted by molar-refractivity contribution is -0.125. The predicted molar refractivity (Wildman–Crippen MR) is 87.8 cm³/mol. The van der Waals surface area contributed by atoms with Gasteiger partial charge in [-0.2, -0.15) is 0 Å². The second-order valence-corrected chi connectivity index (χ2v) is 6.27.